The van der Waals surface area contributed by atoms with Crippen LogP contribution in [-0.4, -0.2) is 43.9 Å². The van der Waals surface area contributed by atoms with Gasteiger partial charge in [-0.2, -0.15) is 4.99 Å². The van der Waals surface area contributed by atoms with Gasteiger partial charge in [0.15, 0.2) is 11.0 Å². The second-order valence-electron chi connectivity index (χ2n) is 10.8. The Morgan fingerprint density at radius 1 is 1.05 bits per heavy atom. The number of hydrogen-bond acceptors (Lipinski definition) is 6. The number of anilines is 1. The molecule has 5 rings (SSSR count). The topological polar surface area (TPSA) is 89.7 Å². The van der Waals surface area contributed by atoms with Gasteiger partial charge >= 0.3 is 6.36 Å². The fourth-order valence-corrected chi connectivity index (χ4v) is 5.71. The third-order valence-corrected chi connectivity index (χ3v) is 8.00. The number of ether oxygens (including phenoxy) is 1. The van der Waals surface area contributed by atoms with E-state index in [0.717, 1.165) is 27.9 Å². The first-order valence-electron chi connectivity index (χ1n) is 13.9. The Morgan fingerprint density at radius 2 is 1.75 bits per heavy atom. The number of carbonyl (C=O) groups excluding carboxylic acids is 2. The van der Waals surface area contributed by atoms with E-state index in [1.165, 1.54) is 47.0 Å². The predicted molar refractivity (Wildman–Crippen MR) is 164 cm³/mol. The summed E-state index contributed by atoms with van der Waals surface area (Å²) in [5, 5.41) is 4.83. The van der Waals surface area contributed by atoms with Crippen molar-refractivity contribution in [3.05, 3.63) is 89.7 Å². The number of benzene rings is 3. The third-order valence-electron chi connectivity index (χ3n) is 7.08. The number of amides is 2. The van der Waals surface area contributed by atoms with Gasteiger partial charge in [0.2, 0.25) is 11.8 Å². The first-order valence-corrected chi connectivity index (χ1v) is 14.9. The van der Waals surface area contributed by atoms with E-state index >= 15 is 0 Å². The van der Waals surface area contributed by atoms with Crippen LogP contribution in [0.15, 0.2) is 78.0 Å². The van der Waals surface area contributed by atoms with Gasteiger partial charge in [0.25, 0.3) is 0 Å². The van der Waals surface area contributed by atoms with Crippen LogP contribution in [0.5, 0.6) is 5.75 Å². The minimum atomic E-state index is -4.76. The molecule has 1 atom stereocenters. The summed E-state index contributed by atoms with van der Waals surface area (Å²) in [5.41, 5.74) is 5.00. The molecule has 3 aromatic carbocycles. The second-order valence-corrected chi connectivity index (χ2v) is 11.7. The molecule has 2 amide bonds. The lowest BCUT2D eigenvalue weighted by atomic mass is 9.96. The van der Waals surface area contributed by atoms with Crippen molar-refractivity contribution < 1.29 is 27.5 Å². The molecule has 2 heterocycles. The molecule has 0 N–H and O–H groups in total. The van der Waals surface area contributed by atoms with Crippen molar-refractivity contribution in [2.75, 3.05) is 10.7 Å². The van der Waals surface area contributed by atoms with Crippen LogP contribution < -0.4 is 9.64 Å². The smallest absolute Gasteiger partial charge is 0.406 e. The fourth-order valence-electron chi connectivity index (χ4n) is 4.83. The van der Waals surface area contributed by atoms with Crippen LogP contribution in [-0.2, 0) is 9.59 Å². The molecule has 1 aliphatic rings. The molecule has 4 aromatic rings. The van der Waals surface area contributed by atoms with E-state index in [1.54, 1.807) is 4.90 Å². The quantitative estimate of drug-likeness (QED) is 0.203. The molecule has 1 unspecified atom stereocenters. The maximum Gasteiger partial charge on any atom is 0.573 e. The Balaban J connectivity index is 1.25. The summed E-state index contributed by atoms with van der Waals surface area (Å²) >= 11 is 1.27. The van der Waals surface area contributed by atoms with Crippen LogP contribution >= 0.6 is 11.8 Å². The van der Waals surface area contributed by atoms with Crippen molar-refractivity contribution in [1.29, 1.82) is 0 Å². The van der Waals surface area contributed by atoms with Crippen molar-refractivity contribution >= 4 is 34.4 Å². The maximum absolute atomic E-state index is 13.0. The Labute approximate surface area is 257 Å². The molecule has 228 valence electrons. The fraction of sp³-hybridized carbons (Fsp3) is 0.281. The number of alkyl halides is 3. The highest BCUT2D eigenvalue weighted by Crippen LogP contribution is 2.34. The largest absolute Gasteiger partial charge is 0.573 e. The summed E-state index contributed by atoms with van der Waals surface area (Å²) in [5.74, 6) is -0.00438. The summed E-state index contributed by atoms with van der Waals surface area (Å²) in [6, 6.07) is 18.8. The van der Waals surface area contributed by atoms with Gasteiger partial charge in [0.05, 0.1) is 17.1 Å². The Bertz CT molecular complexity index is 1700. The molecular formula is C32H30F3N5O3S. The summed E-state index contributed by atoms with van der Waals surface area (Å²) < 4.78 is 42.6. The molecule has 0 aliphatic carbocycles. The summed E-state index contributed by atoms with van der Waals surface area (Å²) in [6.45, 7) is 8.04. The molecule has 44 heavy (non-hydrogen) atoms. The number of nitrogens with zero attached hydrogens (tertiary/aromatic N) is 5. The van der Waals surface area contributed by atoms with Gasteiger partial charge in [-0.25, -0.2) is 9.67 Å². The number of aromatic nitrogens is 3. The van der Waals surface area contributed by atoms with Crippen molar-refractivity contribution in [2.45, 2.75) is 52.3 Å². The monoisotopic (exact) mass is 621 g/mol. The van der Waals surface area contributed by atoms with Crippen molar-refractivity contribution in [1.82, 2.24) is 14.8 Å². The van der Waals surface area contributed by atoms with Crippen LogP contribution in [0.2, 0.25) is 0 Å². The molecule has 1 aliphatic heterocycles. The Kier molecular flexibility index (Phi) is 8.91. The number of thioether (sulfide) groups is 1. The van der Waals surface area contributed by atoms with Gasteiger partial charge in [-0.1, -0.05) is 68.9 Å². The number of carbonyl (C=O) groups is 2. The summed E-state index contributed by atoms with van der Waals surface area (Å²) in [6.07, 6.45) is -3.13. The van der Waals surface area contributed by atoms with Crippen molar-refractivity contribution in [3.8, 4) is 22.8 Å². The zero-order chi connectivity index (χ0) is 31.6. The molecule has 0 saturated carbocycles. The van der Waals surface area contributed by atoms with E-state index in [4.69, 9.17) is 0 Å². The SMILES string of the molecule is Cc1ccc(C(C)C)c(N2C(=O)CSC2=NC(=O)CC(C)c2ccc(-c3ncn(-c4ccc(OC(F)(F)F)cc4)n3)cc2)c1. The van der Waals surface area contributed by atoms with E-state index in [2.05, 4.69) is 33.7 Å². The molecule has 12 heteroatoms. The zero-order valence-corrected chi connectivity index (χ0v) is 25.3. The number of aliphatic imine (C=N–C) groups is 1. The highest BCUT2D eigenvalue weighted by molar-refractivity contribution is 8.15. The van der Waals surface area contributed by atoms with Crippen molar-refractivity contribution in [3.63, 3.8) is 0 Å². The molecule has 1 fully saturated rings. The van der Waals surface area contributed by atoms with Crippen molar-refractivity contribution in [2.24, 2.45) is 4.99 Å². The first kappa shape index (κ1) is 31.0. The minimum Gasteiger partial charge on any atom is -0.406 e. The van der Waals surface area contributed by atoms with E-state index in [9.17, 15) is 22.8 Å². The highest BCUT2D eigenvalue weighted by atomic mass is 32.2. The van der Waals surface area contributed by atoms with Gasteiger partial charge in [-0.15, -0.1) is 18.3 Å². The number of amidine groups is 1. The number of aryl methyl sites for hydroxylation is 1. The number of hydrogen-bond donors (Lipinski definition) is 0. The first-order chi connectivity index (χ1) is 20.9. The average Bonchev–Trinajstić information content (AvgIpc) is 3.59. The molecule has 1 saturated heterocycles. The molecular weight excluding hydrogens is 591 g/mol. The Morgan fingerprint density at radius 3 is 2.41 bits per heavy atom. The van der Waals surface area contributed by atoms with Gasteiger partial charge in [-0.05, 0) is 65.8 Å². The highest BCUT2D eigenvalue weighted by Gasteiger charge is 2.33. The standard InChI is InChI=1S/C32H30F3N5O3S/c1-19(2)26-14-5-20(3)15-27(26)40-29(42)17-44-31(40)37-28(41)16-21(4)22-6-8-23(9-7-22)30-36-18-39(38-30)24-10-12-25(13-11-24)43-32(33,34)35/h5-15,18-19,21H,16-17H2,1-4H3. The van der Waals surface area contributed by atoms with E-state index in [-0.39, 0.29) is 41.6 Å². The predicted octanol–water partition coefficient (Wildman–Crippen LogP) is 7.42. The zero-order valence-electron chi connectivity index (χ0n) is 24.5. The van der Waals surface area contributed by atoms with Crippen LogP contribution in [0.1, 0.15) is 55.7 Å². The van der Waals surface area contributed by atoms with Crippen LogP contribution in [0.3, 0.4) is 0 Å². The van der Waals surface area contributed by atoms with Gasteiger partial charge < -0.3 is 4.74 Å². The van der Waals surface area contributed by atoms with Gasteiger partial charge in [-0.3, -0.25) is 14.5 Å². The maximum atomic E-state index is 13.0. The van der Waals surface area contributed by atoms with E-state index in [0.29, 0.717) is 16.7 Å². The number of halogens is 3. The minimum absolute atomic E-state index is 0.0961. The lowest BCUT2D eigenvalue weighted by molar-refractivity contribution is -0.274. The summed E-state index contributed by atoms with van der Waals surface area (Å²) in [7, 11) is 0. The van der Waals surface area contributed by atoms with Crippen LogP contribution in [0, 0.1) is 6.92 Å². The lowest BCUT2D eigenvalue weighted by Crippen LogP contribution is -2.31. The third kappa shape index (κ3) is 7.19. The molecule has 8 nitrogen and oxygen atoms in total. The van der Waals surface area contributed by atoms with Crippen LogP contribution in [0.4, 0.5) is 18.9 Å². The van der Waals surface area contributed by atoms with Gasteiger partial charge in [0.1, 0.15) is 12.1 Å². The summed E-state index contributed by atoms with van der Waals surface area (Å²) in [4.78, 5) is 36.1. The van der Waals surface area contributed by atoms with E-state index < -0.39 is 6.36 Å². The second kappa shape index (κ2) is 12.7. The number of rotatable bonds is 8. The molecule has 0 radical (unpaired) electrons. The molecule has 0 bridgehead atoms. The lowest BCUT2D eigenvalue weighted by Gasteiger charge is -2.22. The van der Waals surface area contributed by atoms with Crippen LogP contribution in [0.25, 0.3) is 17.1 Å². The normalized spacial score (nSPS) is 15.3. The average molecular weight is 622 g/mol. The van der Waals surface area contributed by atoms with E-state index in [1.807, 2.05) is 56.3 Å². The molecule has 1 aromatic heterocycles. The molecule has 0 spiro atoms. The van der Waals surface area contributed by atoms with Gasteiger partial charge in [0, 0.05) is 12.0 Å². The Hall–Kier alpha value is -4.45.